The summed E-state index contributed by atoms with van der Waals surface area (Å²) in [7, 11) is 0. The molecule has 4 rings (SSSR count). The number of halogens is 2. The van der Waals surface area contributed by atoms with E-state index < -0.39 is 0 Å². The van der Waals surface area contributed by atoms with E-state index in [1.807, 2.05) is 47.8 Å². The maximum absolute atomic E-state index is 12.4. The van der Waals surface area contributed by atoms with Gasteiger partial charge in [-0.05, 0) is 29.8 Å². The van der Waals surface area contributed by atoms with Gasteiger partial charge in [-0.3, -0.25) is 14.6 Å². The van der Waals surface area contributed by atoms with Crippen molar-refractivity contribution in [3.63, 3.8) is 0 Å². The van der Waals surface area contributed by atoms with Crippen molar-refractivity contribution in [3.05, 3.63) is 69.5 Å². The molecular formula is C22H22Cl2N4OS. The third kappa shape index (κ3) is 5.80. The predicted molar refractivity (Wildman–Crippen MR) is 124 cm³/mol. The molecule has 2 heterocycles. The quantitative estimate of drug-likeness (QED) is 0.569. The number of amides is 1. The van der Waals surface area contributed by atoms with Crippen LogP contribution in [0.1, 0.15) is 5.56 Å². The molecule has 1 N–H and O–H groups in total. The van der Waals surface area contributed by atoms with Gasteiger partial charge in [-0.2, -0.15) is 0 Å². The van der Waals surface area contributed by atoms with E-state index >= 15 is 0 Å². The molecule has 0 bridgehead atoms. The SMILES string of the molecule is O=C(CN1CCN(Cc2cccc(Cl)c2)CC1)Nc1nc(-c2ccc(Cl)cc2)cs1. The highest BCUT2D eigenvalue weighted by molar-refractivity contribution is 7.14. The van der Waals surface area contributed by atoms with Crippen molar-refractivity contribution in [2.24, 2.45) is 0 Å². The van der Waals surface area contributed by atoms with E-state index in [9.17, 15) is 4.79 Å². The molecule has 0 aliphatic carbocycles. The largest absolute Gasteiger partial charge is 0.301 e. The number of nitrogens with one attached hydrogen (secondary N) is 1. The van der Waals surface area contributed by atoms with E-state index in [-0.39, 0.29) is 5.91 Å². The van der Waals surface area contributed by atoms with Gasteiger partial charge in [0.2, 0.25) is 5.91 Å². The lowest BCUT2D eigenvalue weighted by molar-refractivity contribution is -0.117. The maximum Gasteiger partial charge on any atom is 0.240 e. The summed E-state index contributed by atoms with van der Waals surface area (Å²) in [4.78, 5) is 21.5. The zero-order valence-corrected chi connectivity index (χ0v) is 18.7. The Morgan fingerprint density at radius 2 is 1.73 bits per heavy atom. The number of hydrogen-bond donors (Lipinski definition) is 1. The van der Waals surface area contributed by atoms with Crippen LogP contribution in [0.25, 0.3) is 11.3 Å². The topological polar surface area (TPSA) is 48.5 Å². The lowest BCUT2D eigenvalue weighted by atomic mass is 10.2. The smallest absolute Gasteiger partial charge is 0.240 e. The minimum absolute atomic E-state index is 0.0321. The van der Waals surface area contributed by atoms with Crippen molar-refractivity contribution in [1.29, 1.82) is 0 Å². The summed E-state index contributed by atoms with van der Waals surface area (Å²) >= 11 is 13.4. The van der Waals surface area contributed by atoms with Crippen molar-refractivity contribution in [2.45, 2.75) is 6.54 Å². The van der Waals surface area contributed by atoms with Crippen LogP contribution in [0.3, 0.4) is 0 Å². The van der Waals surface area contributed by atoms with E-state index in [4.69, 9.17) is 23.2 Å². The fourth-order valence-corrected chi connectivity index (χ4v) is 4.52. The normalized spacial score (nSPS) is 15.3. The summed E-state index contributed by atoms with van der Waals surface area (Å²) in [6.07, 6.45) is 0. The van der Waals surface area contributed by atoms with E-state index in [2.05, 4.69) is 26.2 Å². The number of benzene rings is 2. The molecule has 1 amide bonds. The van der Waals surface area contributed by atoms with Crippen molar-refractivity contribution >= 4 is 45.6 Å². The van der Waals surface area contributed by atoms with Crippen molar-refractivity contribution in [1.82, 2.24) is 14.8 Å². The Labute approximate surface area is 190 Å². The molecule has 1 aromatic heterocycles. The minimum Gasteiger partial charge on any atom is -0.301 e. The van der Waals surface area contributed by atoms with Crippen molar-refractivity contribution in [2.75, 3.05) is 38.0 Å². The van der Waals surface area contributed by atoms with Crippen LogP contribution in [0.5, 0.6) is 0 Å². The summed E-state index contributed by atoms with van der Waals surface area (Å²) in [6.45, 7) is 4.84. The van der Waals surface area contributed by atoms with Gasteiger partial charge >= 0.3 is 0 Å². The maximum atomic E-state index is 12.4. The Kier molecular flexibility index (Phi) is 7.02. The van der Waals surface area contributed by atoms with Crippen LogP contribution in [0.2, 0.25) is 10.0 Å². The number of nitrogens with zero attached hydrogens (tertiary/aromatic N) is 3. The first-order valence-corrected chi connectivity index (χ1v) is 11.4. The third-order valence-electron chi connectivity index (χ3n) is 5.02. The second kappa shape index (κ2) is 9.90. The standard InChI is InChI=1S/C22H22Cl2N4OS/c23-18-6-4-17(5-7-18)20-15-30-22(25-20)26-21(29)14-28-10-8-27(9-11-28)13-16-2-1-3-19(24)12-16/h1-7,12,15H,8-11,13-14H2,(H,25,26,29). The van der Waals surface area contributed by atoms with Crippen LogP contribution in [0.15, 0.2) is 53.9 Å². The molecular weight excluding hydrogens is 439 g/mol. The van der Waals surface area contributed by atoms with Crippen LogP contribution in [0.4, 0.5) is 5.13 Å². The van der Waals surface area contributed by atoms with Crippen molar-refractivity contribution in [3.8, 4) is 11.3 Å². The summed E-state index contributed by atoms with van der Waals surface area (Å²) in [5, 5.41) is 6.93. The first kappa shape index (κ1) is 21.3. The average molecular weight is 461 g/mol. The highest BCUT2D eigenvalue weighted by Gasteiger charge is 2.19. The fourth-order valence-electron chi connectivity index (χ4n) is 3.45. The van der Waals surface area contributed by atoms with E-state index in [1.165, 1.54) is 16.9 Å². The number of rotatable bonds is 6. The molecule has 1 saturated heterocycles. The number of piperazine rings is 1. The Hall–Kier alpha value is -1.96. The summed E-state index contributed by atoms with van der Waals surface area (Å²) in [5.41, 5.74) is 3.03. The van der Waals surface area contributed by atoms with Gasteiger partial charge in [-0.15, -0.1) is 11.3 Å². The minimum atomic E-state index is -0.0321. The number of hydrogen-bond acceptors (Lipinski definition) is 5. The molecule has 3 aromatic rings. The van der Waals surface area contributed by atoms with Crippen LogP contribution in [-0.2, 0) is 11.3 Å². The summed E-state index contributed by atoms with van der Waals surface area (Å²) < 4.78 is 0. The van der Waals surface area contributed by atoms with Gasteiger partial charge in [0.05, 0.1) is 12.2 Å². The first-order valence-electron chi connectivity index (χ1n) is 9.76. The second-order valence-electron chi connectivity index (χ2n) is 7.28. The molecule has 0 atom stereocenters. The molecule has 156 valence electrons. The highest BCUT2D eigenvalue weighted by atomic mass is 35.5. The molecule has 0 saturated carbocycles. The van der Waals surface area contributed by atoms with Crippen LogP contribution < -0.4 is 5.32 Å². The van der Waals surface area contributed by atoms with Gasteiger partial charge in [0.15, 0.2) is 5.13 Å². The monoisotopic (exact) mass is 460 g/mol. The van der Waals surface area contributed by atoms with E-state index in [1.54, 1.807) is 0 Å². The number of carbonyl (C=O) groups is 1. The zero-order valence-electron chi connectivity index (χ0n) is 16.4. The highest BCUT2D eigenvalue weighted by Crippen LogP contribution is 2.26. The Balaban J connectivity index is 1.24. The van der Waals surface area contributed by atoms with Gasteiger partial charge in [0.25, 0.3) is 0 Å². The molecule has 2 aromatic carbocycles. The van der Waals surface area contributed by atoms with Crippen LogP contribution in [0, 0.1) is 0 Å². The summed E-state index contributed by atoms with van der Waals surface area (Å²) in [5.74, 6) is -0.0321. The number of carbonyl (C=O) groups excluding carboxylic acids is 1. The predicted octanol–water partition coefficient (Wildman–Crippen LogP) is 4.87. The molecule has 0 radical (unpaired) electrons. The zero-order chi connectivity index (χ0) is 20.9. The average Bonchev–Trinajstić information content (AvgIpc) is 3.18. The van der Waals surface area contributed by atoms with Gasteiger partial charge in [0, 0.05) is 53.7 Å². The number of aromatic nitrogens is 1. The lowest BCUT2D eigenvalue weighted by Gasteiger charge is -2.34. The van der Waals surface area contributed by atoms with Gasteiger partial charge in [-0.25, -0.2) is 4.98 Å². The Morgan fingerprint density at radius 3 is 2.47 bits per heavy atom. The Bertz CT molecular complexity index is 1000. The Morgan fingerprint density at radius 1 is 1.00 bits per heavy atom. The van der Waals surface area contributed by atoms with Crippen LogP contribution >= 0.6 is 34.5 Å². The lowest BCUT2D eigenvalue weighted by Crippen LogP contribution is -2.48. The van der Waals surface area contributed by atoms with Crippen molar-refractivity contribution < 1.29 is 4.79 Å². The summed E-state index contributed by atoms with van der Waals surface area (Å²) in [6, 6.07) is 15.5. The fraction of sp³-hybridized carbons (Fsp3) is 0.273. The number of thiazole rings is 1. The molecule has 30 heavy (non-hydrogen) atoms. The second-order valence-corrected chi connectivity index (χ2v) is 9.01. The van der Waals surface area contributed by atoms with Gasteiger partial charge in [0.1, 0.15) is 0 Å². The molecule has 1 fully saturated rings. The number of anilines is 1. The van der Waals surface area contributed by atoms with E-state index in [0.29, 0.717) is 16.7 Å². The molecule has 0 spiro atoms. The van der Waals surface area contributed by atoms with E-state index in [0.717, 1.165) is 49.0 Å². The third-order valence-corrected chi connectivity index (χ3v) is 6.26. The van der Waals surface area contributed by atoms with Crippen LogP contribution in [-0.4, -0.2) is 53.4 Å². The van der Waals surface area contributed by atoms with Gasteiger partial charge < -0.3 is 5.32 Å². The molecule has 1 aliphatic rings. The first-order chi connectivity index (χ1) is 14.5. The molecule has 8 heteroatoms. The molecule has 5 nitrogen and oxygen atoms in total. The molecule has 1 aliphatic heterocycles. The molecule has 0 unspecified atom stereocenters. The van der Waals surface area contributed by atoms with Gasteiger partial charge in [-0.1, -0.05) is 47.5 Å².